The highest BCUT2D eigenvalue weighted by atomic mass is 79.9. The Bertz CT molecular complexity index is 790. The third-order valence-corrected chi connectivity index (χ3v) is 3.94. The molecule has 0 saturated carbocycles. The third-order valence-electron chi connectivity index (χ3n) is 3.41. The predicted molar refractivity (Wildman–Crippen MR) is 86.0 cm³/mol. The molecule has 0 N–H and O–H groups in total. The van der Waals surface area contributed by atoms with E-state index in [9.17, 15) is 8.78 Å². The molecule has 0 fully saturated rings. The summed E-state index contributed by atoms with van der Waals surface area (Å²) in [7, 11) is 0. The number of nitrogens with zero attached hydrogens (tertiary/aromatic N) is 2. The van der Waals surface area contributed by atoms with Crippen LogP contribution in [0.3, 0.4) is 0 Å². The third kappa shape index (κ3) is 2.68. The van der Waals surface area contributed by atoms with Crippen molar-refractivity contribution in [3.8, 4) is 17.1 Å². The summed E-state index contributed by atoms with van der Waals surface area (Å²) in [6.45, 7) is 1.95. The van der Waals surface area contributed by atoms with E-state index in [-0.39, 0.29) is 11.4 Å². The Morgan fingerprint density at radius 1 is 1.05 bits per heavy atom. The van der Waals surface area contributed by atoms with E-state index in [1.54, 1.807) is 4.57 Å². The molecule has 3 aromatic rings. The fraction of sp³-hybridized carbons (Fsp3) is 0.118. The maximum Gasteiger partial charge on any atom is 0.150 e. The van der Waals surface area contributed by atoms with E-state index in [1.807, 2.05) is 37.4 Å². The van der Waals surface area contributed by atoms with Crippen molar-refractivity contribution in [3.63, 3.8) is 0 Å². The SMILES string of the molecule is CCc1cn(-c2ccc(Br)cc2)c(-c2c(F)cccc2F)n1. The molecule has 2 nitrogen and oxygen atoms in total. The summed E-state index contributed by atoms with van der Waals surface area (Å²) in [6.07, 6.45) is 2.50. The van der Waals surface area contributed by atoms with Crippen LogP contribution in [0.4, 0.5) is 8.78 Å². The fourth-order valence-electron chi connectivity index (χ4n) is 2.29. The van der Waals surface area contributed by atoms with Gasteiger partial charge in [0.05, 0.1) is 11.3 Å². The van der Waals surface area contributed by atoms with Crippen LogP contribution in [0.25, 0.3) is 17.1 Å². The van der Waals surface area contributed by atoms with Gasteiger partial charge in [-0.05, 0) is 42.8 Å². The average Bonchev–Trinajstić information content (AvgIpc) is 2.92. The van der Waals surface area contributed by atoms with Gasteiger partial charge in [0.2, 0.25) is 0 Å². The zero-order valence-electron chi connectivity index (χ0n) is 11.9. The van der Waals surface area contributed by atoms with Crippen molar-refractivity contribution in [3.05, 3.63) is 70.5 Å². The van der Waals surface area contributed by atoms with Gasteiger partial charge in [-0.2, -0.15) is 0 Å². The molecule has 2 aromatic carbocycles. The van der Waals surface area contributed by atoms with E-state index >= 15 is 0 Å². The molecule has 0 atom stereocenters. The van der Waals surface area contributed by atoms with E-state index in [2.05, 4.69) is 20.9 Å². The molecule has 0 bridgehead atoms. The van der Waals surface area contributed by atoms with Gasteiger partial charge >= 0.3 is 0 Å². The number of imidazole rings is 1. The summed E-state index contributed by atoms with van der Waals surface area (Å²) < 4.78 is 30.9. The molecule has 0 unspecified atom stereocenters. The van der Waals surface area contributed by atoms with Crippen molar-refractivity contribution >= 4 is 15.9 Å². The van der Waals surface area contributed by atoms with Crippen LogP contribution in [0, 0.1) is 11.6 Å². The van der Waals surface area contributed by atoms with Gasteiger partial charge in [0.1, 0.15) is 11.6 Å². The molecule has 112 valence electrons. The van der Waals surface area contributed by atoms with Crippen LogP contribution in [-0.2, 0) is 6.42 Å². The second kappa shape index (κ2) is 6.01. The molecule has 1 aromatic heterocycles. The van der Waals surface area contributed by atoms with E-state index < -0.39 is 11.6 Å². The number of aromatic nitrogens is 2. The second-order valence-corrected chi connectivity index (χ2v) is 5.77. The van der Waals surface area contributed by atoms with Crippen molar-refractivity contribution in [2.75, 3.05) is 0 Å². The quantitative estimate of drug-likeness (QED) is 0.630. The maximum absolute atomic E-state index is 14.1. The van der Waals surface area contributed by atoms with Gasteiger partial charge in [0.15, 0.2) is 5.82 Å². The zero-order valence-corrected chi connectivity index (χ0v) is 13.4. The normalized spacial score (nSPS) is 10.9. The second-order valence-electron chi connectivity index (χ2n) is 4.85. The lowest BCUT2D eigenvalue weighted by Crippen LogP contribution is -2.00. The highest BCUT2D eigenvalue weighted by Gasteiger charge is 2.18. The van der Waals surface area contributed by atoms with Crippen molar-refractivity contribution in [2.45, 2.75) is 13.3 Å². The highest BCUT2D eigenvalue weighted by molar-refractivity contribution is 9.10. The van der Waals surface area contributed by atoms with Gasteiger partial charge in [-0.3, -0.25) is 4.57 Å². The summed E-state index contributed by atoms with van der Waals surface area (Å²) >= 11 is 3.38. The molecule has 0 aliphatic rings. The molecular weight excluding hydrogens is 350 g/mol. The van der Waals surface area contributed by atoms with Gasteiger partial charge in [-0.1, -0.05) is 28.9 Å². The average molecular weight is 363 g/mol. The summed E-state index contributed by atoms with van der Waals surface area (Å²) in [5, 5.41) is 0. The van der Waals surface area contributed by atoms with Crippen LogP contribution >= 0.6 is 15.9 Å². The first-order valence-electron chi connectivity index (χ1n) is 6.88. The number of rotatable bonds is 3. The van der Waals surface area contributed by atoms with Crippen molar-refractivity contribution in [1.82, 2.24) is 9.55 Å². The summed E-state index contributed by atoms with van der Waals surface area (Å²) in [4.78, 5) is 4.39. The Morgan fingerprint density at radius 3 is 2.27 bits per heavy atom. The van der Waals surface area contributed by atoms with Gasteiger partial charge in [0, 0.05) is 16.4 Å². The molecule has 5 heteroatoms. The van der Waals surface area contributed by atoms with Crippen LogP contribution in [0.1, 0.15) is 12.6 Å². The van der Waals surface area contributed by atoms with Crippen LogP contribution < -0.4 is 0 Å². The predicted octanol–water partition coefficient (Wildman–Crippen LogP) is 5.14. The molecule has 0 radical (unpaired) electrons. The molecule has 1 heterocycles. The number of hydrogen-bond acceptors (Lipinski definition) is 1. The van der Waals surface area contributed by atoms with Crippen LogP contribution in [0.2, 0.25) is 0 Å². The molecule has 0 spiro atoms. The number of halogens is 3. The first kappa shape index (κ1) is 14.9. The topological polar surface area (TPSA) is 17.8 Å². The standard InChI is InChI=1S/C17H13BrF2N2/c1-2-12-10-22(13-8-6-11(18)7-9-13)17(21-12)16-14(19)4-3-5-15(16)20/h3-10H,2H2,1H3. The fourth-order valence-corrected chi connectivity index (χ4v) is 2.55. The number of aryl methyl sites for hydroxylation is 1. The van der Waals surface area contributed by atoms with Crippen molar-refractivity contribution in [2.24, 2.45) is 0 Å². The summed E-state index contributed by atoms with van der Waals surface area (Å²) in [5.74, 6) is -0.965. The first-order chi connectivity index (χ1) is 10.6. The molecule has 0 aliphatic heterocycles. The van der Waals surface area contributed by atoms with Crippen LogP contribution in [-0.4, -0.2) is 9.55 Å². The molecular formula is C17H13BrF2N2. The smallest absolute Gasteiger partial charge is 0.150 e. The highest BCUT2D eigenvalue weighted by Crippen LogP contribution is 2.28. The Hall–Kier alpha value is -2.01. The van der Waals surface area contributed by atoms with Gasteiger partial charge in [-0.25, -0.2) is 13.8 Å². The van der Waals surface area contributed by atoms with Crippen molar-refractivity contribution in [1.29, 1.82) is 0 Å². The van der Waals surface area contributed by atoms with E-state index in [1.165, 1.54) is 18.2 Å². The minimum absolute atomic E-state index is 0.106. The monoisotopic (exact) mass is 362 g/mol. The van der Waals surface area contributed by atoms with E-state index in [0.29, 0.717) is 6.42 Å². The summed E-state index contributed by atoms with van der Waals surface area (Å²) in [5.41, 5.74) is 1.47. The van der Waals surface area contributed by atoms with Crippen LogP contribution in [0.15, 0.2) is 53.1 Å². The molecule has 0 aliphatic carbocycles. The molecule has 0 saturated heterocycles. The Balaban J connectivity index is 2.23. The van der Waals surface area contributed by atoms with E-state index in [4.69, 9.17) is 0 Å². The first-order valence-corrected chi connectivity index (χ1v) is 7.68. The Kier molecular flexibility index (Phi) is 4.07. The molecule has 0 amide bonds. The zero-order chi connectivity index (χ0) is 15.7. The lowest BCUT2D eigenvalue weighted by atomic mass is 10.2. The Morgan fingerprint density at radius 2 is 1.68 bits per heavy atom. The van der Waals surface area contributed by atoms with Crippen LogP contribution in [0.5, 0.6) is 0 Å². The lowest BCUT2D eigenvalue weighted by molar-refractivity contribution is 0.587. The number of hydrogen-bond donors (Lipinski definition) is 0. The Labute approximate surface area is 135 Å². The van der Waals surface area contributed by atoms with Gasteiger partial charge in [0.25, 0.3) is 0 Å². The molecule has 22 heavy (non-hydrogen) atoms. The summed E-state index contributed by atoms with van der Waals surface area (Å²) in [6, 6.07) is 11.3. The van der Waals surface area contributed by atoms with Crippen molar-refractivity contribution < 1.29 is 8.78 Å². The molecule has 3 rings (SSSR count). The largest absolute Gasteiger partial charge is 0.299 e. The minimum Gasteiger partial charge on any atom is -0.299 e. The lowest BCUT2D eigenvalue weighted by Gasteiger charge is -2.09. The maximum atomic E-state index is 14.1. The minimum atomic E-state index is -0.619. The van der Waals surface area contributed by atoms with E-state index in [0.717, 1.165) is 15.9 Å². The van der Waals surface area contributed by atoms with Gasteiger partial charge < -0.3 is 0 Å². The number of benzene rings is 2. The van der Waals surface area contributed by atoms with Gasteiger partial charge in [-0.15, -0.1) is 0 Å².